The molecule has 1 aromatic carbocycles. The van der Waals surface area contributed by atoms with E-state index in [0.717, 1.165) is 0 Å². The van der Waals surface area contributed by atoms with Crippen LogP contribution in [0, 0.1) is 11.3 Å². The number of rotatable bonds is 5. The van der Waals surface area contributed by atoms with Crippen molar-refractivity contribution in [2.45, 2.75) is 18.2 Å². The Morgan fingerprint density at radius 1 is 1.44 bits per heavy atom. The van der Waals surface area contributed by atoms with Crippen molar-refractivity contribution in [2.75, 3.05) is 23.7 Å². The summed E-state index contributed by atoms with van der Waals surface area (Å²) in [5.74, 6) is 0. The topological polar surface area (TPSA) is 113 Å². The highest BCUT2D eigenvalue weighted by Gasteiger charge is 2.17. The number of sulfonamides is 1. The quantitative estimate of drug-likeness (QED) is 0.761. The van der Waals surface area contributed by atoms with Gasteiger partial charge in [0.25, 0.3) is 0 Å². The Labute approximate surface area is 107 Å². The predicted octanol–water partition coefficient (Wildman–Crippen LogP) is 0.656. The molecule has 18 heavy (non-hydrogen) atoms. The highest BCUT2D eigenvalue weighted by Crippen LogP contribution is 2.29. The summed E-state index contributed by atoms with van der Waals surface area (Å²) in [6.45, 7) is 3.02. The lowest BCUT2D eigenvalue weighted by molar-refractivity contribution is 0.598. The molecular formula is C11H16N4O2S. The van der Waals surface area contributed by atoms with Crippen LogP contribution in [0.5, 0.6) is 0 Å². The normalized spacial score (nSPS) is 10.9. The van der Waals surface area contributed by atoms with Gasteiger partial charge in [-0.3, -0.25) is 0 Å². The standard InChI is InChI=1S/C11H16N4O2S/c1-2-15(8-4-7-12)9-5-3-6-10(11(9)13)18(14,16)17/h3,5-6H,2,4,8,13H2,1H3,(H2,14,16,17). The van der Waals surface area contributed by atoms with Crippen LogP contribution in [0.15, 0.2) is 23.1 Å². The summed E-state index contributed by atoms with van der Waals surface area (Å²) in [5, 5.41) is 13.7. The molecule has 98 valence electrons. The summed E-state index contributed by atoms with van der Waals surface area (Å²) in [7, 11) is -3.83. The summed E-state index contributed by atoms with van der Waals surface area (Å²) in [4.78, 5) is 1.75. The van der Waals surface area contributed by atoms with Gasteiger partial charge in [-0.2, -0.15) is 5.26 Å². The molecule has 0 amide bonds. The highest BCUT2D eigenvalue weighted by atomic mass is 32.2. The lowest BCUT2D eigenvalue weighted by Crippen LogP contribution is -2.25. The second kappa shape index (κ2) is 5.71. The van der Waals surface area contributed by atoms with Gasteiger partial charge in [-0.05, 0) is 19.1 Å². The lowest BCUT2D eigenvalue weighted by Gasteiger charge is -2.24. The van der Waals surface area contributed by atoms with Crippen LogP contribution in [0.4, 0.5) is 11.4 Å². The number of primary sulfonamides is 1. The first kappa shape index (κ1) is 14.3. The Bertz CT molecular complexity index is 563. The molecule has 0 saturated carbocycles. The Morgan fingerprint density at radius 2 is 2.11 bits per heavy atom. The molecule has 0 atom stereocenters. The van der Waals surface area contributed by atoms with Crippen molar-refractivity contribution in [1.29, 1.82) is 5.26 Å². The number of nitriles is 1. The van der Waals surface area contributed by atoms with Crippen LogP contribution in [-0.2, 0) is 10.0 Å². The maximum atomic E-state index is 11.4. The number of nitrogens with zero attached hydrogens (tertiary/aromatic N) is 2. The van der Waals surface area contributed by atoms with E-state index < -0.39 is 10.0 Å². The molecule has 0 aliphatic carbocycles. The summed E-state index contributed by atoms with van der Waals surface area (Å²) in [6.07, 6.45) is 0.340. The molecule has 6 nitrogen and oxygen atoms in total. The van der Waals surface area contributed by atoms with E-state index in [1.807, 2.05) is 17.9 Å². The minimum atomic E-state index is -3.83. The third kappa shape index (κ3) is 3.12. The van der Waals surface area contributed by atoms with Crippen molar-refractivity contribution in [1.82, 2.24) is 0 Å². The summed E-state index contributed by atoms with van der Waals surface area (Å²) in [6, 6.07) is 6.71. The van der Waals surface area contributed by atoms with Crippen molar-refractivity contribution in [3.8, 4) is 6.07 Å². The van der Waals surface area contributed by atoms with Crippen molar-refractivity contribution < 1.29 is 8.42 Å². The van der Waals surface area contributed by atoms with Crippen LogP contribution >= 0.6 is 0 Å². The Morgan fingerprint density at radius 3 is 2.61 bits per heavy atom. The van der Waals surface area contributed by atoms with E-state index in [-0.39, 0.29) is 10.6 Å². The first-order valence-corrected chi connectivity index (χ1v) is 6.99. The van der Waals surface area contributed by atoms with Gasteiger partial charge in [0.15, 0.2) is 0 Å². The fourth-order valence-corrected chi connectivity index (χ4v) is 2.37. The van der Waals surface area contributed by atoms with E-state index in [1.54, 1.807) is 12.1 Å². The maximum absolute atomic E-state index is 11.4. The van der Waals surface area contributed by atoms with Crippen LogP contribution in [0.2, 0.25) is 0 Å². The molecule has 0 saturated heterocycles. The highest BCUT2D eigenvalue weighted by molar-refractivity contribution is 7.89. The average Bonchev–Trinajstić information content (AvgIpc) is 2.30. The number of hydrogen-bond acceptors (Lipinski definition) is 5. The Hall–Kier alpha value is -1.78. The van der Waals surface area contributed by atoms with E-state index in [9.17, 15) is 8.42 Å². The zero-order valence-electron chi connectivity index (χ0n) is 10.1. The number of benzene rings is 1. The smallest absolute Gasteiger partial charge is 0.240 e. The van der Waals surface area contributed by atoms with Crippen LogP contribution < -0.4 is 15.8 Å². The maximum Gasteiger partial charge on any atom is 0.240 e. The lowest BCUT2D eigenvalue weighted by atomic mass is 10.2. The number of anilines is 2. The van der Waals surface area contributed by atoms with Gasteiger partial charge in [0.1, 0.15) is 4.90 Å². The number of hydrogen-bond donors (Lipinski definition) is 2. The molecule has 0 unspecified atom stereocenters. The molecule has 0 aliphatic heterocycles. The first-order valence-electron chi connectivity index (χ1n) is 5.45. The molecule has 0 aromatic heterocycles. The largest absolute Gasteiger partial charge is 0.396 e. The van der Waals surface area contributed by atoms with Crippen LogP contribution in [-0.4, -0.2) is 21.5 Å². The van der Waals surface area contributed by atoms with Gasteiger partial charge in [0.2, 0.25) is 10.0 Å². The monoisotopic (exact) mass is 268 g/mol. The second-order valence-electron chi connectivity index (χ2n) is 3.72. The summed E-state index contributed by atoms with van der Waals surface area (Å²) in [5.41, 5.74) is 6.54. The van der Waals surface area contributed by atoms with E-state index in [0.29, 0.717) is 25.2 Å². The van der Waals surface area contributed by atoms with Gasteiger partial charge in [-0.1, -0.05) is 6.07 Å². The molecule has 1 rings (SSSR count). The molecule has 0 heterocycles. The van der Waals surface area contributed by atoms with Crippen LogP contribution in [0.25, 0.3) is 0 Å². The molecule has 0 fully saturated rings. The zero-order valence-corrected chi connectivity index (χ0v) is 10.9. The molecule has 0 radical (unpaired) electrons. The number of para-hydroxylation sites is 1. The molecule has 1 aromatic rings. The molecule has 4 N–H and O–H groups in total. The third-order valence-electron chi connectivity index (χ3n) is 2.57. The van der Waals surface area contributed by atoms with E-state index in [1.165, 1.54) is 6.07 Å². The van der Waals surface area contributed by atoms with Gasteiger partial charge in [0.05, 0.1) is 23.9 Å². The predicted molar refractivity (Wildman–Crippen MR) is 70.3 cm³/mol. The summed E-state index contributed by atoms with van der Waals surface area (Å²) >= 11 is 0. The first-order chi connectivity index (χ1) is 8.41. The van der Waals surface area contributed by atoms with Gasteiger partial charge in [-0.15, -0.1) is 0 Å². The van der Waals surface area contributed by atoms with Gasteiger partial charge in [-0.25, -0.2) is 13.6 Å². The second-order valence-corrected chi connectivity index (χ2v) is 5.25. The fourth-order valence-electron chi connectivity index (χ4n) is 1.69. The third-order valence-corrected chi connectivity index (χ3v) is 3.53. The van der Waals surface area contributed by atoms with Crippen molar-refractivity contribution in [2.24, 2.45) is 5.14 Å². The van der Waals surface area contributed by atoms with Gasteiger partial charge < -0.3 is 10.6 Å². The fraction of sp³-hybridized carbons (Fsp3) is 0.364. The van der Waals surface area contributed by atoms with Gasteiger partial charge in [0, 0.05) is 13.1 Å². The van der Waals surface area contributed by atoms with Crippen LogP contribution in [0.1, 0.15) is 13.3 Å². The van der Waals surface area contributed by atoms with Gasteiger partial charge >= 0.3 is 0 Å². The average molecular weight is 268 g/mol. The van der Waals surface area contributed by atoms with Crippen molar-refractivity contribution >= 4 is 21.4 Å². The SMILES string of the molecule is CCN(CCC#N)c1cccc(S(N)(=O)=O)c1N. The van der Waals surface area contributed by atoms with E-state index in [4.69, 9.17) is 16.1 Å². The summed E-state index contributed by atoms with van der Waals surface area (Å²) < 4.78 is 22.7. The van der Waals surface area contributed by atoms with Crippen molar-refractivity contribution in [3.05, 3.63) is 18.2 Å². The molecule has 0 bridgehead atoms. The number of nitrogen functional groups attached to an aromatic ring is 1. The molecule has 0 spiro atoms. The minimum Gasteiger partial charge on any atom is -0.396 e. The minimum absolute atomic E-state index is 0.0876. The van der Waals surface area contributed by atoms with E-state index >= 15 is 0 Å². The number of nitrogens with two attached hydrogens (primary N) is 2. The molecule has 7 heteroatoms. The van der Waals surface area contributed by atoms with Crippen molar-refractivity contribution in [3.63, 3.8) is 0 Å². The van der Waals surface area contributed by atoms with E-state index in [2.05, 4.69) is 0 Å². The molecule has 0 aliphatic rings. The Balaban J connectivity index is 3.22. The zero-order chi connectivity index (χ0) is 13.8. The Kier molecular flexibility index (Phi) is 4.53. The molecular weight excluding hydrogens is 252 g/mol. The van der Waals surface area contributed by atoms with Crippen LogP contribution in [0.3, 0.4) is 0 Å².